The van der Waals surface area contributed by atoms with Crippen molar-refractivity contribution in [3.8, 4) is 11.4 Å². The highest BCUT2D eigenvalue weighted by Crippen LogP contribution is 2.42. The summed E-state index contributed by atoms with van der Waals surface area (Å²) in [7, 11) is 0. The molecule has 1 aliphatic carbocycles. The second-order valence-electron chi connectivity index (χ2n) is 14.4. The second kappa shape index (κ2) is 11.4. The number of allylic oxidation sites excluding steroid dienone is 4. The van der Waals surface area contributed by atoms with E-state index in [-0.39, 0.29) is 0 Å². The van der Waals surface area contributed by atoms with Gasteiger partial charge in [0.2, 0.25) is 0 Å². The number of aromatic nitrogens is 4. The summed E-state index contributed by atoms with van der Waals surface area (Å²) in [5.41, 5.74) is 17.6. The lowest BCUT2D eigenvalue weighted by Gasteiger charge is -2.29. The summed E-state index contributed by atoms with van der Waals surface area (Å²) in [4.78, 5) is 8.90. The number of hydrogen-bond donors (Lipinski definition) is 0. The van der Waals surface area contributed by atoms with Crippen LogP contribution in [0.15, 0.2) is 127 Å². The van der Waals surface area contributed by atoms with E-state index in [1.807, 2.05) is 24.8 Å². The highest BCUT2D eigenvalue weighted by Gasteiger charge is 2.25. The molecular weight excluding hydrogens is 609 g/mol. The zero-order chi connectivity index (χ0) is 34.3. The Kier molecular flexibility index (Phi) is 6.93. The topological polar surface area (TPSA) is 35.6 Å². The predicted octanol–water partition coefficient (Wildman–Crippen LogP) is 11.7. The van der Waals surface area contributed by atoms with Gasteiger partial charge in [-0.3, -0.25) is 9.97 Å². The van der Waals surface area contributed by atoms with Crippen molar-refractivity contribution < 1.29 is 0 Å². The van der Waals surface area contributed by atoms with Gasteiger partial charge in [0, 0.05) is 63.6 Å². The normalized spacial score (nSPS) is 16.4. The Morgan fingerprint density at radius 2 is 1.06 bits per heavy atom. The smallest absolute Gasteiger partial charge is 0.0571 e. The van der Waals surface area contributed by atoms with Crippen LogP contribution in [0.4, 0.5) is 0 Å². The number of rotatable bonds is 4. The van der Waals surface area contributed by atoms with Crippen molar-refractivity contribution in [2.24, 2.45) is 5.92 Å². The van der Waals surface area contributed by atoms with Crippen LogP contribution in [0.25, 0.3) is 60.6 Å². The molecule has 4 heteroatoms. The molecule has 8 aromatic rings. The average Bonchev–Trinajstić information content (AvgIpc) is 3.61. The molecule has 0 amide bonds. The van der Waals surface area contributed by atoms with Crippen LogP contribution in [-0.2, 0) is 0 Å². The van der Waals surface area contributed by atoms with Crippen molar-refractivity contribution in [1.82, 2.24) is 19.1 Å². The van der Waals surface area contributed by atoms with Crippen molar-refractivity contribution in [3.05, 3.63) is 161 Å². The highest BCUT2D eigenvalue weighted by molar-refractivity contribution is 6.10. The third-order valence-electron chi connectivity index (χ3n) is 10.9. The fourth-order valence-electron chi connectivity index (χ4n) is 8.46. The van der Waals surface area contributed by atoms with E-state index >= 15 is 0 Å². The lowest BCUT2D eigenvalue weighted by atomic mass is 9.76. The van der Waals surface area contributed by atoms with Crippen molar-refractivity contribution in [2.45, 2.75) is 47.5 Å². The van der Waals surface area contributed by atoms with Gasteiger partial charge in [-0.15, -0.1) is 0 Å². The Hall–Kier alpha value is -5.74. The van der Waals surface area contributed by atoms with Crippen LogP contribution in [0.2, 0.25) is 0 Å². The van der Waals surface area contributed by atoms with Gasteiger partial charge in [0.25, 0.3) is 0 Å². The summed E-state index contributed by atoms with van der Waals surface area (Å²) in [5, 5.41) is 4.87. The van der Waals surface area contributed by atoms with E-state index in [1.54, 1.807) is 0 Å². The summed E-state index contributed by atoms with van der Waals surface area (Å²) < 4.78 is 4.76. The monoisotopic (exact) mass is 648 g/mol. The van der Waals surface area contributed by atoms with E-state index in [1.165, 1.54) is 99.5 Å². The fraction of sp³-hybridized carbons (Fsp3) is 0.174. The average molecular weight is 649 g/mol. The minimum Gasteiger partial charge on any atom is -0.309 e. The molecule has 2 atom stereocenters. The molecule has 0 aliphatic heterocycles. The van der Waals surface area contributed by atoms with Crippen LogP contribution in [0.5, 0.6) is 0 Å². The van der Waals surface area contributed by atoms with E-state index in [2.05, 4.69) is 158 Å². The zero-order valence-electron chi connectivity index (χ0n) is 29.5. The van der Waals surface area contributed by atoms with Crippen LogP contribution in [-0.4, -0.2) is 19.1 Å². The van der Waals surface area contributed by atoms with E-state index in [9.17, 15) is 0 Å². The van der Waals surface area contributed by atoms with Gasteiger partial charge in [-0.1, -0.05) is 54.5 Å². The van der Waals surface area contributed by atoms with E-state index in [4.69, 9.17) is 0 Å². The molecule has 0 fully saturated rings. The molecule has 0 spiro atoms. The first-order valence-electron chi connectivity index (χ1n) is 17.6. The summed E-state index contributed by atoms with van der Waals surface area (Å²) in [6.45, 7) is 13.5. The van der Waals surface area contributed by atoms with Gasteiger partial charge in [0.1, 0.15) is 0 Å². The molecule has 4 aromatic carbocycles. The molecule has 0 bridgehead atoms. The molecule has 4 aromatic heterocycles. The van der Waals surface area contributed by atoms with Crippen LogP contribution >= 0.6 is 0 Å². The quantitative estimate of drug-likeness (QED) is 0.190. The number of aryl methyl sites for hydroxylation is 4. The first-order chi connectivity index (χ1) is 24.3. The molecule has 0 radical (unpaired) electrons. The molecule has 1 aliphatic rings. The Bertz CT molecular complexity index is 2730. The molecule has 0 saturated carbocycles. The van der Waals surface area contributed by atoms with Gasteiger partial charge in [-0.25, -0.2) is 0 Å². The maximum atomic E-state index is 4.45. The first-order valence-corrected chi connectivity index (χ1v) is 17.6. The number of hydrogen-bond acceptors (Lipinski definition) is 2. The third-order valence-corrected chi connectivity index (χ3v) is 10.9. The van der Waals surface area contributed by atoms with Crippen molar-refractivity contribution in [3.63, 3.8) is 0 Å². The first kappa shape index (κ1) is 30.3. The molecule has 244 valence electrons. The van der Waals surface area contributed by atoms with Crippen LogP contribution in [0.1, 0.15) is 53.1 Å². The minimum atomic E-state index is 0.312. The lowest BCUT2D eigenvalue weighted by molar-refractivity contribution is 0.630. The number of benzene rings is 4. The summed E-state index contributed by atoms with van der Waals surface area (Å²) in [6, 6.07) is 31.6. The molecular formula is C46H40N4. The van der Waals surface area contributed by atoms with Gasteiger partial charge < -0.3 is 9.13 Å². The third kappa shape index (κ3) is 4.66. The van der Waals surface area contributed by atoms with Crippen LogP contribution in [0, 0.1) is 33.6 Å². The number of pyridine rings is 2. The summed E-state index contributed by atoms with van der Waals surface area (Å²) >= 11 is 0. The van der Waals surface area contributed by atoms with E-state index in [0.717, 1.165) is 0 Å². The molecule has 0 saturated heterocycles. The largest absolute Gasteiger partial charge is 0.309 e. The lowest BCUT2D eigenvalue weighted by Crippen LogP contribution is -2.13. The number of nitrogens with zero attached hydrogens (tertiary/aromatic N) is 4. The summed E-state index contributed by atoms with van der Waals surface area (Å²) in [6.07, 6.45) is 12.8. The van der Waals surface area contributed by atoms with Crippen molar-refractivity contribution >= 4 is 49.2 Å². The Labute approximate surface area is 293 Å². The molecule has 4 heterocycles. The van der Waals surface area contributed by atoms with Crippen LogP contribution < -0.4 is 0 Å². The summed E-state index contributed by atoms with van der Waals surface area (Å²) in [5.74, 6) is 0.666. The minimum absolute atomic E-state index is 0.312. The van der Waals surface area contributed by atoms with Gasteiger partial charge in [0.15, 0.2) is 0 Å². The van der Waals surface area contributed by atoms with Crippen LogP contribution in [0.3, 0.4) is 0 Å². The zero-order valence-corrected chi connectivity index (χ0v) is 29.5. The second-order valence-corrected chi connectivity index (χ2v) is 14.4. The number of fused-ring (bicyclic) bond motifs is 6. The molecule has 50 heavy (non-hydrogen) atoms. The Morgan fingerprint density at radius 3 is 1.62 bits per heavy atom. The SMILES string of the molecule is CC1=CC(c2ccc(-n3c4ccncc4c4cc(C)ccc43)cc2C)C(C)C=C1c1ccc(-n2c3ccncc3c3cc(C)ccc32)cc1C. The Morgan fingerprint density at radius 1 is 0.520 bits per heavy atom. The molecule has 4 nitrogen and oxygen atoms in total. The highest BCUT2D eigenvalue weighted by atomic mass is 15.0. The molecule has 9 rings (SSSR count). The van der Waals surface area contributed by atoms with Gasteiger partial charge >= 0.3 is 0 Å². The fourth-order valence-corrected chi connectivity index (χ4v) is 8.46. The van der Waals surface area contributed by atoms with Gasteiger partial charge in [0.05, 0.1) is 22.1 Å². The maximum Gasteiger partial charge on any atom is 0.0571 e. The standard InChI is InChI=1S/C46H40N4/c1-27-7-13-43-39(19-27)41-25-47-17-15-45(41)49(43)33-9-11-35(29(3)21-33)37-23-32(6)38(24-31(37)5)36-12-10-34(22-30(36)4)50-44-14-8-28(2)20-40(44)42-26-48-18-16-46(42)50/h7-26,31,37H,1-6H3. The maximum absolute atomic E-state index is 4.45. The van der Waals surface area contributed by atoms with Crippen molar-refractivity contribution in [2.75, 3.05) is 0 Å². The van der Waals surface area contributed by atoms with Gasteiger partial charge in [-0.2, -0.15) is 0 Å². The van der Waals surface area contributed by atoms with E-state index < -0.39 is 0 Å². The molecule has 2 unspecified atom stereocenters. The molecule has 0 N–H and O–H groups in total. The van der Waals surface area contributed by atoms with E-state index in [0.29, 0.717) is 11.8 Å². The van der Waals surface area contributed by atoms with Crippen molar-refractivity contribution in [1.29, 1.82) is 0 Å². The van der Waals surface area contributed by atoms with Gasteiger partial charge in [-0.05, 0) is 135 Å². The Balaban J connectivity index is 1.06. The predicted molar refractivity (Wildman–Crippen MR) is 210 cm³/mol.